The molecule has 2 aromatic rings. The Morgan fingerprint density at radius 2 is 1.61 bits per heavy atom. The van der Waals surface area contributed by atoms with Crippen LogP contribution in [0.5, 0.6) is 17.2 Å². The molecule has 0 aliphatic heterocycles. The van der Waals surface area contributed by atoms with Gasteiger partial charge in [-0.1, -0.05) is 0 Å². The fraction of sp³-hybridized carbons (Fsp3) is 0.188. The van der Waals surface area contributed by atoms with E-state index in [1.54, 1.807) is 18.2 Å². The Morgan fingerprint density at radius 3 is 2.17 bits per heavy atom. The highest BCUT2D eigenvalue weighted by Crippen LogP contribution is 2.37. The maximum Gasteiger partial charge on any atom is 0.573 e. The van der Waals surface area contributed by atoms with Crippen LogP contribution >= 0.6 is 0 Å². The molecule has 0 heterocycles. The monoisotopic (exact) mass is 323 g/mol. The number of ether oxygens (including phenoxy) is 3. The summed E-state index contributed by atoms with van der Waals surface area (Å²) in [5.74, 6) is 0.473. The van der Waals surface area contributed by atoms with Crippen molar-refractivity contribution in [1.29, 1.82) is 5.26 Å². The summed E-state index contributed by atoms with van der Waals surface area (Å²) in [7, 11) is 2.90. The zero-order chi connectivity index (χ0) is 17.0. The Hall–Kier alpha value is -2.88. The smallest absolute Gasteiger partial charge is 0.497 e. The summed E-state index contributed by atoms with van der Waals surface area (Å²) in [6, 6.07) is 10.2. The van der Waals surface area contributed by atoms with Crippen LogP contribution in [0.4, 0.5) is 13.2 Å². The maximum atomic E-state index is 12.4. The SMILES string of the molecule is COc1ccc(-c2cc(OC(F)(F)F)ccc2C#N)c(OC)c1. The van der Waals surface area contributed by atoms with E-state index < -0.39 is 12.1 Å². The number of methoxy groups -OCH3 is 2. The standard InChI is InChI=1S/C16H12F3NO3/c1-21-11-5-6-13(15(8-11)22-2)14-7-12(23-16(17,18)19)4-3-10(14)9-20/h3-8H,1-2H3. The van der Waals surface area contributed by atoms with Gasteiger partial charge >= 0.3 is 6.36 Å². The van der Waals surface area contributed by atoms with Crippen molar-refractivity contribution in [2.24, 2.45) is 0 Å². The molecule has 0 fully saturated rings. The van der Waals surface area contributed by atoms with Crippen LogP contribution in [0.25, 0.3) is 11.1 Å². The van der Waals surface area contributed by atoms with Crippen LogP contribution in [0.15, 0.2) is 36.4 Å². The van der Waals surface area contributed by atoms with Gasteiger partial charge in [-0.15, -0.1) is 13.2 Å². The molecule has 0 spiro atoms. The van der Waals surface area contributed by atoms with Gasteiger partial charge in [-0.25, -0.2) is 0 Å². The van der Waals surface area contributed by atoms with Gasteiger partial charge in [0.15, 0.2) is 0 Å². The van der Waals surface area contributed by atoms with E-state index >= 15 is 0 Å². The molecule has 120 valence electrons. The van der Waals surface area contributed by atoms with Crippen molar-refractivity contribution in [3.8, 4) is 34.4 Å². The van der Waals surface area contributed by atoms with Crippen LogP contribution in [-0.4, -0.2) is 20.6 Å². The van der Waals surface area contributed by atoms with Crippen molar-refractivity contribution >= 4 is 0 Å². The van der Waals surface area contributed by atoms with Crippen molar-refractivity contribution in [2.75, 3.05) is 14.2 Å². The van der Waals surface area contributed by atoms with E-state index in [2.05, 4.69) is 4.74 Å². The van der Waals surface area contributed by atoms with E-state index in [0.29, 0.717) is 17.1 Å². The third kappa shape index (κ3) is 3.86. The predicted octanol–water partition coefficient (Wildman–Crippen LogP) is 4.14. The summed E-state index contributed by atoms with van der Waals surface area (Å²) in [5.41, 5.74) is 0.925. The highest BCUT2D eigenvalue weighted by Gasteiger charge is 2.31. The molecule has 0 aliphatic rings. The van der Waals surface area contributed by atoms with Crippen LogP contribution in [-0.2, 0) is 0 Å². The number of hydrogen-bond donors (Lipinski definition) is 0. The van der Waals surface area contributed by atoms with E-state index in [0.717, 1.165) is 12.1 Å². The minimum absolute atomic E-state index is 0.197. The second-order valence-electron chi connectivity index (χ2n) is 4.43. The lowest BCUT2D eigenvalue weighted by Gasteiger charge is -2.14. The van der Waals surface area contributed by atoms with E-state index in [-0.39, 0.29) is 11.1 Å². The molecule has 0 aromatic heterocycles. The van der Waals surface area contributed by atoms with Crippen LogP contribution in [0.3, 0.4) is 0 Å². The Bertz CT molecular complexity index is 751. The van der Waals surface area contributed by atoms with Crippen molar-refractivity contribution in [1.82, 2.24) is 0 Å². The van der Waals surface area contributed by atoms with Crippen molar-refractivity contribution in [2.45, 2.75) is 6.36 Å². The third-order valence-electron chi connectivity index (χ3n) is 3.04. The number of alkyl halides is 3. The molecule has 0 bridgehead atoms. The summed E-state index contributed by atoms with van der Waals surface area (Å²) in [6.07, 6.45) is -4.81. The molecule has 0 unspecified atom stereocenters. The normalized spacial score (nSPS) is 10.8. The molecule has 23 heavy (non-hydrogen) atoms. The van der Waals surface area contributed by atoms with E-state index in [1.165, 1.54) is 20.3 Å². The van der Waals surface area contributed by atoms with Gasteiger partial charge in [0.1, 0.15) is 17.2 Å². The second-order valence-corrected chi connectivity index (χ2v) is 4.43. The van der Waals surface area contributed by atoms with Crippen LogP contribution in [0.2, 0.25) is 0 Å². The quantitative estimate of drug-likeness (QED) is 0.848. The molecule has 0 atom stereocenters. The highest BCUT2D eigenvalue weighted by molar-refractivity contribution is 5.77. The summed E-state index contributed by atoms with van der Waals surface area (Å²) >= 11 is 0. The number of rotatable bonds is 4. The first kappa shape index (κ1) is 16.5. The number of benzene rings is 2. The second kappa shape index (κ2) is 6.48. The van der Waals surface area contributed by atoms with Crippen molar-refractivity contribution in [3.63, 3.8) is 0 Å². The summed E-state index contributed by atoms with van der Waals surface area (Å²) in [6.45, 7) is 0. The largest absolute Gasteiger partial charge is 0.573 e. The Labute approximate surface area is 130 Å². The Balaban J connectivity index is 2.57. The van der Waals surface area contributed by atoms with Gasteiger partial charge < -0.3 is 14.2 Å². The van der Waals surface area contributed by atoms with Gasteiger partial charge in [0.05, 0.1) is 25.9 Å². The van der Waals surface area contributed by atoms with Gasteiger partial charge in [-0.2, -0.15) is 5.26 Å². The van der Waals surface area contributed by atoms with E-state index in [4.69, 9.17) is 9.47 Å². The fourth-order valence-electron chi connectivity index (χ4n) is 2.06. The molecule has 0 amide bonds. The number of nitrogens with zero attached hydrogens (tertiary/aromatic N) is 1. The zero-order valence-electron chi connectivity index (χ0n) is 12.3. The van der Waals surface area contributed by atoms with E-state index in [9.17, 15) is 18.4 Å². The topological polar surface area (TPSA) is 51.5 Å². The minimum atomic E-state index is -4.81. The molecule has 2 rings (SSSR count). The van der Waals surface area contributed by atoms with Gasteiger partial charge in [0, 0.05) is 17.2 Å². The Morgan fingerprint density at radius 1 is 0.913 bits per heavy atom. The summed E-state index contributed by atoms with van der Waals surface area (Å²) < 4.78 is 51.3. The molecule has 0 saturated heterocycles. The van der Waals surface area contributed by atoms with E-state index in [1.807, 2.05) is 6.07 Å². The summed E-state index contributed by atoms with van der Waals surface area (Å²) in [4.78, 5) is 0. The lowest BCUT2D eigenvalue weighted by molar-refractivity contribution is -0.274. The lowest BCUT2D eigenvalue weighted by atomic mass is 9.99. The molecular weight excluding hydrogens is 311 g/mol. The molecule has 0 aliphatic carbocycles. The lowest BCUT2D eigenvalue weighted by Crippen LogP contribution is -2.17. The predicted molar refractivity (Wildman–Crippen MR) is 76.4 cm³/mol. The first-order valence-corrected chi connectivity index (χ1v) is 6.40. The highest BCUT2D eigenvalue weighted by atomic mass is 19.4. The van der Waals surface area contributed by atoms with Gasteiger partial charge in [-0.05, 0) is 30.3 Å². The van der Waals surface area contributed by atoms with Crippen LogP contribution < -0.4 is 14.2 Å². The average molecular weight is 323 g/mol. The minimum Gasteiger partial charge on any atom is -0.497 e. The molecule has 4 nitrogen and oxygen atoms in total. The molecule has 0 radical (unpaired) electrons. The summed E-state index contributed by atoms with van der Waals surface area (Å²) in [5, 5.41) is 9.19. The first-order valence-electron chi connectivity index (χ1n) is 6.40. The van der Waals surface area contributed by atoms with Crippen LogP contribution in [0, 0.1) is 11.3 Å². The average Bonchev–Trinajstić information content (AvgIpc) is 2.52. The Kier molecular flexibility index (Phi) is 4.65. The molecular formula is C16H12F3NO3. The number of halogens is 3. The van der Waals surface area contributed by atoms with Gasteiger partial charge in [-0.3, -0.25) is 0 Å². The van der Waals surface area contributed by atoms with Crippen LogP contribution in [0.1, 0.15) is 5.56 Å². The molecule has 2 aromatic carbocycles. The van der Waals surface area contributed by atoms with Gasteiger partial charge in [0.2, 0.25) is 0 Å². The van der Waals surface area contributed by atoms with Crippen molar-refractivity contribution < 1.29 is 27.4 Å². The van der Waals surface area contributed by atoms with Gasteiger partial charge in [0.25, 0.3) is 0 Å². The number of nitriles is 1. The maximum absolute atomic E-state index is 12.4. The fourth-order valence-corrected chi connectivity index (χ4v) is 2.06. The molecule has 7 heteroatoms. The third-order valence-corrected chi connectivity index (χ3v) is 3.04. The van der Waals surface area contributed by atoms with Crippen molar-refractivity contribution in [3.05, 3.63) is 42.0 Å². The number of hydrogen-bond acceptors (Lipinski definition) is 4. The zero-order valence-corrected chi connectivity index (χ0v) is 12.3. The first-order chi connectivity index (χ1) is 10.9. The molecule has 0 N–H and O–H groups in total. The molecule has 0 saturated carbocycles.